The Labute approximate surface area is 247 Å². The SMILES string of the molecule is CNC(C)C(=O)NC1CN(C(=O)CC2CCOCC2)c2ccccc2N(Cc2c(C)ccc3ccccc23)C1=O.Cl. The van der Waals surface area contributed by atoms with E-state index in [1.807, 2.05) is 43.3 Å². The monoisotopic (exact) mass is 578 g/mol. The third-order valence-corrected chi connectivity index (χ3v) is 8.23. The van der Waals surface area contributed by atoms with Gasteiger partial charge in [0, 0.05) is 19.6 Å². The van der Waals surface area contributed by atoms with Gasteiger partial charge in [0.05, 0.1) is 30.5 Å². The summed E-state index contributed by atoms with van der Waals surface area (Å²) >= 11 is 0. The molecule has 218 valence electrons. The van der Waals surface area contributed by atoms with E-state index in [1.165, 1.54) is 0 Å². The third kappa shape index (κ3) is 6.56. The summed E-state index contributed by atoms with van der Waals surface area (Å²) in [5.74, 6) is -0.335. The van der Waals surface area contributed by atoms with Gasteiger partial charge in [0.25, 0.3) is 5.91 Å². The number of nitrogens with zero attached hydrogens (tertiary/aromatic N) is 2. The molecule has 2 aliphatic rings. The molecule has 41 heavy (non-hydrogen) atoms. The van der Waals surface area contributed by atoms with Crippen LogP contribution in [0.3, 0.4) is 0 Å². The van der Waals surface area contributed by atoms with Gasteiger partial charge in [-0.05, 0) is 73.7 Å². The van der Waals surface area contributed by atoms with Crippen molar-refractivity contribution < 1.29 is 19.1 Å². The summed E-state index contributed by atoms with van der Waals surface area (Å²) < 4.78 is 5.49. The summed E-state index contributed by atoms with van der Waals surface area (Å²) in [7, 11) is 1.70. The van der Waals surface area contributed by atoms with Gasteiger partial charge in [-0.25, -0.2) is 0 Å². The fourth-order valence-electron chi connectivity index (χ4n) is 5.64. The first kappa shape index (κ1) is 30.5. The van der Waals surface area contributed by atoms with Crippen molar-refractivity contribution in [2.24, 2.45) is 5.92 Å². The average molecular weight is 579 g/mol. The highest BCUT2D eigenvalue weighted by Gasteiger charge is 2.38. The van der Waals surface area contributed by atoms with Crippen LogP contribution in [0.5, 0.6) is 0 Å². The molecule has 0 radical (unpaired) electrons. The van der Waals surface area contributed by atoms with E-state index in [0.29, 0.717) is 37.6 Å². The number of para-hydroxylation sites is 2. The zero-order chi connectivity index (χ0) is 28.2. The molecule has 2 unspecified atom stereocenters. The first-order chi connectivity index (χ1) is 19.4. The highest BCUT2D eigenvalue weighted by molar-refractivity contribution is 6.08. The molecule has 0 bridgehead atoms. The number of benzene rings is 3. The Kier molecular flexibility index (Phi) is 10.0. The number of carbonyl (C=O) groups excluding carboxylic acids is 3. The van der Waals surface area contributed by atoms with Crippen molar-refractivity contribution in [1.82, 2.24) is 10.6 Å². The molecule has 0 spiro atoms. The largest absolute Gasteiger partial charge is 0.381 e. The molecule has 2 N–H and O–H groups in total. The minimum Gasteiger partial charge on any atom is -0.381 e. The first-order valence-electron chi connectivity index (χ1n) is 14.1. The van der Waals surface area contributed by atoms with Gasteiger partial charge in [-0.2, -0.15) is 0 Å². The highest BCUT2D eigenvalue weighted by atomic mass is 35.5. The Bertz CT molecular complexity index is 1410. The smallest absolute Gasteiger partial charge is 0.251 e. The van der Waals surface area contributed by atoms with Gasteiger partial charge in [-0.3, -0.25) is 14.4 Å². The molecular formula is C32H39ClN4O4. The van der Waals surface area contributed by atoms with E-state index in [0.717, 1.165) is 34.7 Å². The Morgan fingerprint density at radius 2 is 1.68 bits per heavy atom. The number of rotatable bonds is 7. The van der Waals surface area contributed by atoms with Crippen molar-refractivity contribution in [3.05, 3.63) is 71.8 Å². The zero-order valence-electron chi connectivity index (χ0n) is 23.9. The van der Waals surface area contributed by atoms with Gasteiger partial charge < -0.3 is 25.2 Å². The maximum absolute atomic E-state index is 14.3. The lowest BCUT2D eigenvalue weighted by atomic mass is 9.95. The molecular weight excluding hydrogens is 540 g/mol. The van der Waals surface area contributed by atoms with E-state index in [-0.39, 0.29) is 42.6 Å². The standard InChI is InChI=1S/C32H38N4O4.ClH/c1-21-12-13-24-8-4-5-9-25(24)26(21)19-36-29-11-7-6-10-28(29)35(30(37)18-23-14-16-40-17-15-23)20-27(32(36)39)34-31(38)22(2)33-3;/h4-13,22-23,27,33H,14-20H2,1-3H3,(H,34,38);1H. The molecule has 1 fully saturated rings. The molecule has 2 heterocycles. The van der Waals surface area contributed by atoms with E-state index in [2.05, 4.69) is 34.9 Å². The minimum atomic E-state index is -0.898. The normalized spacial score (nSPS) is 18.3. The van der Waals surface area contributed by atoms with Crippen LogP contribution in [0.1, 0.15) is 37.3 Å². The molecule has 0 aliphatic carbocycles. The van der Waals surface area contributed by atoms with Crippen molar-refractivity contribution in [1.29, 1.82) is 0 Å². The van der Waals surface area contributed by atoms with Crippen molar-refractivity contribution in [2.75, 3.05) is 36.6 Å². The van der Waals surface area contributed by atoms with Gasteiger partial charge in [0.2, 0.25) is 11.8 Å². The number of aryl methyl sites for hydroxylation is 1. The summed E-state index contributed by atoms with van der Waals surface area (Å²) in [6.45, 7) is 5.51. The highest BCUT2D eigenvalue weighted by Crippen LogP contribution is 2.36. The number of amides is 3. The van der Waals surface area contributed by atoms with E-state index in [9.17, 15) is 14.4 Å². The van der Waals surface area contributed by atoms with Gasteiger partial charge in [0.1, 0.15) is 6.04 Å². The molecule has 5 rings (SSSR count). The van der Waals surface area contributed by atoms with Crippen LogP contribution in [-0.2, 0) is 25.7 Å². The van der Waals surface area contributed by atoms with Crippen LogP contribution in [0.2, 0.25) is 0 Å². The number of halogens is 1. The number of hydrogen-bond acceptors (Lipinski definition) is 5. The molecule has 1 saturated heterocycles. The minimum absolute atomic E-state index is 0. The quantitative estimate of drug-likeness (QED) is 0.435. The van der Waals surface area contributed by atoms with Crippen LogP contribution < -0.4 is 20.4 Å². The van der Waals surface area contributed by atoms with E-state index >= 15 is 0 Å². The maximum Gasteiger partial charge on any atom is 0.251 e. The molecule has 3 aromatic rings. The number of hydrogen-bond donors (Lipinski definition) is 2. The molecule has 0 saturated carbocycles. The van der Waals surface area contributed by atoms with Gasteiger partial charge >= 0.3 is 0 Å². The van der Waals surface area contributed by atoms with E-state index in [1.54, 1.807) is 23.8 Å². The average Bonchev–Trinajstić information content (AvgIpc) is 3.09. The maximum atomic E-state index is 14.3. The molecule has 0 aromatic heterocycles. The van der Waals surface area contributed by atoms with Crippen LogP contribution in [-0.4, -0.2) is 56.6 Å². The van der Waals surface area contributed by atoms with E-state index in [4.69, 9.17) is 4.74 Å². The van der Waals surface area contributed by atoms with Crippen LogP contribution in [0, 0.1) is 12.8 Å². The predicted octanol–water partition coefficient (Wildman–Crippen LogP) is 4.36. The Morgan fingerprint density at radius 1 is 1.00 bits per heavy atom. The summed E-state index contributed by atoms with van der Waals surface area (Å²) in [6.07, 6.45) is 2.06. The lowest BCUT2D eigenvalue weighted by Crippen LogP contribution is -2.55. The molecule has 8 nitrogen and oxygen atoms in total. The molecule has 2 aliphatic heterocycles. The fraction of sp³-hybridized carbons (Fsp3) is 0.406. The summed E-state index contributed by atoms with van der Waals surface area (Å²) in [6, 6.07) is 18.5. The second kappa shape index (κ2) is 13.5. The Morgan fingerprint density at radius 3 is 2.41 bits per heavy atom. The Balaban J connectivity index is 0.00000387. The van der Waals surface area contributed by atoms with Crippen LogP contribution in [0.25, 0.3) is 10.8 Å². The summed E-state index contributed by atoms with van der Waals surface area (Å²) in [4.78, 5) is 44.6. The second-order valence-corrected chi connectivity index (χ2v) is 10.8. The third-order valence-electron chi connectivity index (χ3n) is 8.23. The summed E-state index contributed by atoms with van der Waals surface area (Å²) in [5.41, 5.74) is 3.46. The van der Waals surface area contributed by atoms with Crippen LogP contribution in [0.15, 0.2) is 60.7 Å². The summed E-state index contributed by atoms with van der Waals surface area (Å²) in [5, 5.41) is 8.06. The number of ether oxygens (including phenoxy) is 1. The Hall–Kier alpha value is -3.46. The lowest BCUT2D eigenvalue weighted by Gasteiger charge is -2.28. The van der Waals surface area contributed by atoms with Crippen molar-refractivity contribution in [3.63, 3.8) is 0 Å². The number of carbonyl (C=O) groups is 3. The van der Waals surface area contributed by atoms with Gasteiger partial charge in [0.15, 0.2) is 0 Å². The van der Waals surface area contributed by atoms with E-state index < -0.39 is 12.1 Å². The van der Waals surface area contributed by atoms with Gasteiger partial charge in [-0.1, -0.05) is 48.5 Å². The van der Waals surface area contributed by atoms with Crippen molar-refractivity contribution in [3.8, 4) is 0 Å². The number of fused-ring (bicyclic) bond motifs is 2. The molecule has 9 heteroatoms. The first-order valence-corrected chi connectivity index (χ1v) is 14.1. The lowest BCUT2D eigenvalue weighted by molar-refractivity contribution is -0.128. The second-order valence-electron chi connectivity index (χ2n) is 10.8. The fourth-order valence-corrected chi connectivity index (χ4v) is 5.64. The van der Waals surface area contributed by atoms with Crippen molar-refractivity contribution >= 4 is 52.3 Å². The predicted molar refractivity (Wildman–Crippen MR) is 165 cm³/mol. The number of anilines is 2. The molecule has 3 aromatic carbocycles. The number of nitrogens with one attached hydrogen (secondary N) is 2. The molecule has 2 atom stereocenters. The van der Waals surface area contributed by atoms with Gasteiger partial charge in [-0.15, -0.1) is 12.4 Å². The molecule has 3 amide bonds. The number of likely N-dealkylation sites (N-methyl/N-ethyl adjacent to an activating group) is 1. The van der Waals surface area contributed by atoms with Crippen LogP contribution >= 0.6 is 12.4 Å². The zero-order valence-corrected chi connectivity index (χ0v) is 24.7. The van der Waals surface area contributed by atoms with Crippen molar-refractivity contribution in [2.45, 2.75) is 51.7 Å². The van der Waals surface area contributed by atoms with Crippen LogP contribution in [0.4, 0.5) is 11.4 Å². The topological polar surface area (TPSA) is 91.0 Å².